The fourth-order valence-corrected chi connectivity index (χ4v) is 6.50. The Hall–Kier alpha value is -1.61. The van der Waals surface area contributed by atoms with E-state index in [2.05, 4.69) is 38.1 Å². The summed E-state index contributed by atoms with van der Waals surface area (Å²) in [5.41, 5.74) is 1.68. The van der Waals surface area contributed by atoms with Gasteiger partial charge < -0.3 is 15.0 Å². The first-order valence-corrected chi connectivity index (χ1v) is 11.2. The van der Waals surface area contributed by atoms with Crippen molar-refractivity contribution >= 4 is 21.6 Å². The molecule has 0 unspecified atom stereocenters. The van der Waals surface area contributed by atoms with Crippen molar-refractivity contribution in [2.24, 2.45) is 11.8 Å². The number of carbonyl (C=O) groups excluding carboxylic acids is 1. The Balaban J connectivity index is 1.75. The summed E-state index contributed by atoms with van der Waals surface area (Å²) in [6, 6.07) is -0.277. The van der Waals surface area contributed by atoms with Crippen LogP contribution in [0.15, 0.2) is 6.20 Å². The molecule has 8 nitrogen and oxygen atoms in total. The van der Waals surface area contributed by atoms with Gasteiger partial charge in [-0.05, 0) is 11.8 Å². The first-order chi connectivity index (χ1) is 12.6. The Morgan fingerprint density at radius 3 is 2.63 bits per heavy atom. The smallest absolute Gasteiger partial charge is 0.321 e. The fourth-order valence-electron chi connectivity index (χ4n) is 4.21. The van der Waals surface area contributed by atoms with Crippen LogP contribution in [-0.4, -0.2) is 66.4 Å². The molecule has 0 radical (unpaired) electrons. The lowest BCUT2D eigenvalue weighted by Gasteiger charge is -2.21. The van der Waals surface area contributed by atoms with Gasteiger partial charge in [0.05, 0.1) is 34.7 Å². The molecule has 2 aliphatic rings. The minimum Gasteiger partial charge on any atom is -0.380 e. The SMILES string of the molecule is CO[C@@H]1CS(=O)(=O)[C@H]2CN(C(=O)Nc3cnn(CC(C)C)c3C(C)C)C[C@@H]12. The van der Waals surface area contributed by atoms with Crippen molar-refractivity contribution in [3.05, 3.63) is 11.9 Å². The van der Waals surface area contributed by atoms with Crippen LogP contribution in [0.4, 0.5) is 10.5 Å². The highest BCUT2D eigenvalue weighted by Crippen LogP contribution is 2.36. The van der Waals surface area contributed by atoms with Gasteiger partial charge in [0.2, 0.25) is 0 Å². The Labute approximate surface area is 161 Å². The summed E-state index contributed by atoms with van der Waals surface area (Å²) in [5.74, 6) is 0.546. The quantitative estimate of drug-likeness (QED) is 0.818. The van der Waals surface area contributed by atoms with Crippen molar-refractivity contribution in [2.75, 3.05) is 31.3 Å². The predicted molar refractivity (Wildman–Crippen MR) is 104 cm³/mol. The van der Waals surface area contributed by atoms with Crippen molar-refractivity contribution < 1.29 is 17.9 Å². The highest BCUT2D eigenvalue weighted by Gasteiger charge is 2.53. The van der Waals surface area contributed by atoms with Gasteiger partial charge in [-0.1, -0.05) is 27.7 Å². The van der Waals surface area contributed by atoms with Gasteiger partial charge in [-0.2, -0.15) is 5.10 Å². The number of nitrogens with zero attached hydrogens (tertiary/aromatic N) is 3. The lowest BCUT2D eigenvalue weighted by molar-refractivity contribution is 0.0825. The molecule has 3 heterocycles. The Bertz CT molecular complexity index is 802. The number of likely N-dealkylation sites (tertiary alicyclic amines) is 1. The van der Waals surface area contributed by atoms with Crippen LogP contribution in [0.2, 0.25) is 0 Å². The van der Waals surface area contributed by atoms with Crippen molar-refractivity contribution in [3.8, 4) is 0 Å². The van der Waals surface area contributed by atoms with E-state index in [0.717, 1.165) is 12.2 Å². The molecule has 1 aromatic heterocycles. The number of hydrogen-bond acceptors (Lipinski definition) is 5. The van der Waals surface area contributed by atoms with Gasteiger partial charge in [0.15, 0.2) is 9.84 Å². The number of urea groups is 1. The van der Waals surface area contributed by atoms with Crippen LogP contribution in [-0.2, 0) is 21.1 Å². The van der Waals surface area contributed by atoms with Crippen molar-refractivity contribution in [1.29, 1.82) is 0 Å². The van der Waals surface area contributed by atoms with Gasteiger partial charge in [0.25, 0.3) is 0 Å². The zero-order chi connectivity index (χ0) is 19.9. The van der Waals surface area contributed by atoms with E-state index in [4.69, 9.17) is 4.74 Å². The summed E-state index contributed by atoms with van der Waals surface area (Å²) in [6.45, 7) is 9.78. The van der Waals surface area contributed by atoms with E-state index in [-0.39, 0.29) is 36.3 Å². The van der Waals surface area contributed by atoms with Gasteiger partial charge in [0.1, 0.15) is 0 Å². The minimum atomic E-state index is -3.22. The molecule has 0 spiro atoms. The molecule has 0 aromatic carbocycles. The van der Waals surface area contributed by atoms with E-state index in [1.807, 2.05) is 4.68 Å². The van der Waals surface area contributed by atoms with Crippen LogP contribution in [0.5, 0.6) is 0 Å². The van der Waals surface area contributed by atoms with Gasteiger partial charge in [-0.15, -0.1) is 0 Å². The average Bonchev–Trinajstić information content (AvgIpc) is 3.22. The van der Waals surface area contributed by atoms with Crippen molar-refractivity contribution in [1.82, 2.24) is 14.7 Å². The van der Waals surface area contributed by atoms with E-state index < -0.39 is 15.1 Å². The molecule has 2 aliphatic heterocycles. The maximum atomic E-state index is 12.8. The number of ether oxygens (including phenoxy) is 1. The monoisotopic (exact) mass is 398 g/mol. The molecule has 152 valence electrons. The number of carbonyl (C=O) groups is 1. The molecular weight excluding hydrogens is 368 g/mol. The number of hydrogen-bond donors (Lipinski definition) is 1. The number of aromatic nitrogens is 2. The summed E-state index contributed by atoms with van der Waals surface area (Å²) < 4.78 is 32.0. The molecule has 2 amide bonds. The second-order valence-corrected chi connectivity index (χ2v) is 10.6. The van der Waals surface area contributed by atoms with E-state index >= 15 is 0 Å². The number of anilines is 1. The number of fused-ring (bicyclic) bond motifs is 1. The third-order valence-electron chi connectivity index (χ3n) is 5.44. The number of methoxy groups -OCH3 is 1. The topological polar surface area (TPSA) is 93.5 Å². The average molecular weight is 399 g/mol. The summed E-state index contributed by atoms with van der Waals surface area (Å²) in [7, 11) is -1.69. The van der Waals surface area contributed by atoms with Crippen LogP contribution in [0.25, 0.3) is 0 Å². The third kappa shape index (κ3) is 3.85. The molecule has 0 aliphatic carbocycles. The number of rotatable bonds is 5. The number of sulfone groups is 1. The Morgan fingerprint density at radius 2 is 2.04 bits per heavy atom. The van der Waals surface area contributed by atoms with Crippen molar-refractivity contribution in [3.63, 3.8) is 0 Å². The lowest BCUT2D eigenvalue weighted by Crippen LogP contribution is -2.36. The molecule has 0 saturated carbocycles. The molecule has 1 N–H and O–H groups in total. The molecule has 2 fully saturated rings. The Kier molecular flexibility index (Phi) is 5.54. The molecular formula is C18H30N4O4S. The first kappa shape index (κ1) is 20.1. The van der Waals surface area contributed by atoms with Crippen LogP contribution in [0.3, 0.4) is 0 Å². The van der Waals surface area contributed by atoms with Crippen LogP contribution < -0.4 is 5.32 Å². The zero-order valence-electron chi connectivity index (χ0n) is 16.7. The van der Waals surface area contributed by atoms with Gasteiger partial charge in [-0.3, -0.25) is 4.68 Å². The normalized spacial score (nSPS) is 26.8. The standard InChI is InChI=1S/C18H30N4O4S/c1-11(2)7-22-17(12(3)4)14(6-19-22)20-18(23)21-8-13-15(26-5)10-27(24,25)16(13)9-21/h6,11-13,15-16H,7-10H2,1-5H3,(H,20,23)/t13-,15+,16-/m0/s1. The maximum Gasteiger partial charge on any atom is 0.321 e. The molecule has 9 heteroatoms. The van der Waals surface area contributed by atoms with Crippen molar-refractivity contribution in [2.45, 2.75) is 51.5 Å². The zero-order valence-corrected chi connectivity index (χ0v) is 17.5. The van der Waals surface area contributed by atoms with Gasteiger partial charge >= 0.3 is 6.03 Å². The lowest BCUT2D eigenvalue weighted by atomic mass is 10.0. The van der Waals surface area contributed by atoms with Crippen LogP contribution in [0, 0.1) is 11.8 Å². The number of nitrogens with one attached hydrogen (secondary N) is 1. The first-order valence-electron chi connectivity index (χ1n) is 9.50. The van der Waals surface area contributed by atoms with E-state index in [9.17, 15) is 13.2 Å². The highest BCUT2D eigenvalue weighted by atomic mass is 32.2. The van der Waals surface area contributed by atoms with Gasteiger partial charge in [0, 0.05) is 32.7 Å². The maximum absolute atomic E-state index is 12.8. The van der Waals surface area contributed by atoms with E-state index in [1.165, 1.54) is 7.11 Å². The molecule has 3 rings (SSSR count). The van der Waals surface area contributed by atoms with E-state index in [1.54, 1.807) is 11.1 Å². The second kappa shape index (κ2) is 7.43. The van der Waals surface area contributed by atoms with Gasteiger partial charge in [-0.25, -0.2) is 13.2 Å². The second-order valence-electron chi connectivity index (χ2n) is 8.32. The summed E-state index contributed by atoms with van der Waals surface area (Å²) in [6.07, 6.45) is 1.35. The molecule has 3 atom stereocenters. The largest absolute Gasteiger partial charge is 0.380 e. The van der Waals surface area contributed by atoms with E-state index in [0.29, 0.717) is 18.2 Å². The third-order valence-corrected chi connectivity index (χ3v) is 7.66. The van der Waals surface area contributed by atoms with Crippen LogP contribution in [0.1, 0.15) is 39.3 Å². The molecule has 1 aromatic rings. The molecule has 2 saturated heterocycles. The summed E-state index contributed by atoms with van der Waals surface area (Å²) in [5, 5.41) is 6.85. The summed E-state index contributed by atoms with van der Waals surface area (Å²) in [4.78, 5) is 14.4. The predicted octanol–water partition coefficient (Wildman–Crippen LogP) is 1.94. The summed E-state index contributed by atoms with van der Waals surface area (Å²) >= 11 is 0. The number of amides is 2. The highest BCUT2D eigenvalue weighted by molar-refractivity contribution is 7.92. The molecule has 27 heavy (non-hydrogen) atoms. The Morgan fingerprint density at radius 1 is 1.33 bits per heavy atom. The molecule has 0 bridgehead atoms. The fraction of sp³-hybridized carbons (Fsp3) is 0.778. The van der Waals surface area contributed by atoms with Crippen LogP contribution >= 0.6 is 0 Å². The minimum absolute atomic E-state index is 0.0494.